The van der Waals surface area contributed by atoms with Crippen molar-refractivity contribution in [1.29, 1.82) is 0 Å². The molecule has 0 rings (SSSR count). The molecular formula is C12H21NO5S. The number of esters is 1. The molecule has 0 saturated heterocycles. The van der Waals surface area contributed by atoms with Gasteiger partial charge in [-0.1, -0.05) is 39.5 Å². The number of hydrogen-bond donors (Lipinski definition) is 0. The van der Waals surface area contributed by atoms with Crippen LogP contribution in [0.15, 0.2) is 0 Å². The van der Waals surface area contributed by atoms with E-state index in [2.05, 4.69) is 0 Å². The fraction of sp³-hybridized carbons (Fsp3) is 0.833. The van der Waals surface area contributed by atoms with Crippen molar-refractivity contribution >= 4 is 22.8 Å². The molecule has 0 heterocycles. The number of hydrogen-bond acceptors (Lipinski definition) is 6. The second-order valence-electron chi connectivity index (χ2n) is 5.51. The van der Waals surface area contributed by atoms with Gasteiger partial charge in [0.15, 0.2) is 11.7 Å². The SMILES string of the molecule is CC(CSC(=O)C(C)(C)C)C(=O)OCC(C)[N+](=O)[O-]. The number of rotatable bonds is 6. The van der Waals surface area contributed by atoms with Crippen LogP contribution in [0.1, 0.15) is 34.6 Å². The summed E-state index contributed by atoms with van der Waals surface area (Å²) in [6.45, 7) is 8.20. The first-order valence-electron chi connectivity index (χ1n) is 6.03. The zero-order valence-corrected chi connectivity index (χ0v) is 12.8. The van der Waals surface area contributed by atoms with E-state index in [1.807, 2.05) is 20.8 Å². The van der Waals surface area contributed by atoms with Gasteiger partial charge in [0, 0.05) is 23.0 Å². The summed E-state index contributed by atoms with van der Waals surface area (Å²) in [4.78, 5) is 33.1. The molecule has 7 heteroatoms. The van der Waals surface area contributed by atoms with Crippen LogP contribution in [0.5, 0.6) is 0 Å². The maximum absolute atomic E-state index is 11.7. The molecule has 0 aromatic rings. The van der Waals surface area contributed by atoms with Gasteiger partial charge in [-0.15, -0.1) is 0 Å². The third kappa shape index (κ3) is 7.15. The van der Waals surface area contributed by atoms with Crippen molar-refractivity contribution in [3.8, 4) is 0 Å². The third-order valence-corrected chi connectivity index (χ3v) is 3.85. The monoisotopic (exact) mass is 291 g/mol. The van der Waals surface area contributed by atoms with Crippen LogP contribution in [-0.4, -0.2) is 34.4 Å². The van der Waals surface area contributed by atoms with Crippen molar-refractivity contribution in [3.05, 3.63) is 10.1 Å². The van der Waals surface area contributed by atoms with Crippen LogP contribution < -0.4 is 0 Å². The molecule has 0 aliphatic heterocycles. The van der Waals surface area contributed by atoms with Crippen molar-refractivity contribution in [2.75, 3.05) is 12.4 Å². The van der Waals surface area contributed by atoms with Crippen molar-refractivity contribution in [1.82, 2.24) is 0 Å². The van der Waals surface area contributed by atoms with Gasteiger partial charge in [-0.2, -0.15) is 0 Å². The Labute approximate surface area is 117 Å². The Morgan fingerprint density at radius 1 is 1.32 bits per heavy atom. The van der Waals surface area contributed by atoms with Crippen LogP contribution in [0.25, 0.3) is 0 Å². The molecule has 0 fully saturated rings. The van der Waals surface area contributed by atoms with Gasteiger partial charge in [-0.05, 0) is 0 Å². The van der Waals surface area contributed by atoms with Crippen molar-refractivity contribution in [2.24, 2.45) is 11.3 Å². The fourth-order valence-electron chi connectivity index (χ4n) is 0.891. The molecule has 0 aliphatic carbocycles. The fourth-order valence-corrected chi connectivity index (χ4v) is 1.86. The van der Waals surface area contributed by atoms with Crippen LogP contribution in [0.3, 0.4) is 0 Å². The predicted molar refractivity (Wildman–Crippen MR) is 73.5 cm³/mol. The highest BCUT2D eigenvalue weighted by Crippen LogP contribution is 2.24. The van der Waals surface area contributed by atoms with Crippen LogP contribution in [0.4, 0.5) is 0 Å². The summed E-state index contributed by atoms with van der Waals surface area (Å²) in [7, 11) is 0. The van der Waals surface area contributed by atoms with Gasteiger partial charge in [-0.25, -0.2) is 0 Å². The molecule has 2 atom stereocenters. The van der Waals surface area contributed by atoms with Gasteiger partial charge >= 0.3 is 5.97 Å². The molecule has 0 bridgehead atoms. The summed E-state index contributed by atoms with van der Waals surface area (Å²) in [6, 6.07) is -0.917. The normalized spacial score (nSPS) is 14.6. The smallest absolute Gasteiger partial charge is 0.309 e. The number of thioether (sulfide) groups is 1. The molecule has 0 radical (unpaired) electrons. The quantitative estimate of drug-likeness (QED) is 0.423. The lowest BCUT2D eigenvalue weighted by atomic mass is 10.00. The number of nitrogens with zero attached hydrogens (tertiary/aromatic N) is 1. The zero-order chi connectivity index (χ0) is 15.2. The van der Waals surface area contributed by atoms with E-state index in [0.717, 1.165) is 11.8 Å². The van der Waals surface area contributed by atoms with E-state index in [0.29, 0.717) is 5.75 Å². The maximum Gasteiger partial charge on any atom is 0.309 e. The minimum atomic E-state index is -0.917. The van der Waals surface area contributed by atoms with Gasteiger partial charge in [0.05, 0.1) is 5.92 Å². The summed E-state index contributed by atoms with van der Waals surface area (Å²) in [5, 5.41) is 10.4. The van der Waals surface area contributed by atoms with E-state index < -0.39 is 28.3 Å². The minimum absolute atomic E-state index is 0.00538. The van der Waals surface area contributed by atoms with E-state index in [4.69, 9.17) is 4.74 Å². The first-order chi connectivity index (χ1) is 8.55. The Balaban J connectivity index is 4.08. The lowest BCUT2D eigenvalue weighted by Crippen LogP contribution is -2.27. The van der Waals surface area contributed by atoms with Crippen molar-refractivity contribution in [2.45, 2.75) is 40.7 Å². The minimum Gasteiger partial charge on any atom is -0.458 e. The summed E-state index contributed by atoms with van der Waals surface area (Å²) < 4.78 is 4.84. The topological polar surface area (TPSA) is 86.5 Å². The van der Waals surface area contributed by atoms with E-state index >= 15 is 0 Å². The first kappa shape index (κ1) is 17.9. The van der Waals surface area contributed by atoms with Crippen LogP contribution >= 0.6 is 11.8 Å². The summed E-state index contributed by atoms with van der Waals surface area (Å²) in [6.07, 6.45) is 0. The Hall–Kier alpha value is -1.11. The number of carbonyl (C=O) groups is 2. The molecule has 0 aliphatic rings. The van der Waals surface area contributed by atoms with E-state index in [-0.39, 0.29) is 11.7 Å². The average molecular weight is 291 g/mol. The van der Waals surface area contributed by atoms with Gasteiger partial charge < -0.3 is 4.74 Å². The van der Waals surface area contributed by atoms with Gasteiger partial charge in [0.2, 0.25) is 6.04 Å². The van der Waals surface area contributed by atoms with Gasteiger partial charge in [0.1, 0.15) is 0 Å². The molecule has 0 saturated carbocycles. The molecule has 6 nitrogen and oxygen atoms in total. The largest absolute Gasteiger partial charge is 0.458 e. The number of ether oxygens (including phenoxy) is 1. The standard InChI is InChI=1S/C12H21NO5S/c1-8(7-19-11(15)12(3,4)5)10(14)18-6-9(2)13(16)17/h8-9H,6-7H2,1-5H3. The number of carbonyl (C=O) groups excluding carboxylic acids is 2. The zero-order valence-electron chi connectivity index (χ0n) is 12.0. The molecule has 19 heavy (non-hydrogen) atoms. The van der Waals surface area contributed by atoms with E-state index in [1.165, 1.54) is 6.92 Å². The Morgan fingerprint density at radius 2 is 1.84 bits per heavy atom. The Kier molecular flexibility index (Phi) is 7.04. The molecule has 0 aromatic heterocycles. The lowest BCUT2D eigenvalue weighted by molar-refractivity contribution is -0.520. The van der Waals surface area contributed by atoms with E-state index in [9.17, 15) is 19.7 Å². The second kappa shape index (κ2) is 7.47. The highest BCUT2D eigenvalue weighted by atomic mass is 32.2. The molecule has 0 amide bonds. The molecule has 110 valence electrons. The van der Waals surface area contributed by atoms with Gasteiger partial charge in [0.25, 0.3) is 0 Å². The third-order valence-electron chi connectivity index (χ3n) is 2.31. The lowest BCUT2D eigenvalue weighted by Gasteiger charge is -2.17. The van der Waals surface area contributed by atoms with Crippen LogP contribution in [0, 0.1) is 21.4 Å². The summed E-state index contributed by atoms with van der Waals surface area (Å²) >= 11 is 1.09. The van der Waals surface area contributed by atoms with Crippen molar-refractivity contribution in [3.63, 3.8) is 0 Å². The Bertz CT molecular complexity index is 351. The first-order valence-corrected chi connectivity index (χ1v) is 7.01. The molecule has 0 spiro atoms. The summed E-state index contributed by atoms with van der Waals surface area (Å²) in [5.74, 6) is -0.653. The molecule has 0 N–H and O–H groups in total. The summed E-state index contributed by atoms with van der Waals surface area (Å²) in [5.41, 5.74) is -0.450. The second-order valence-corrected chi connectivity index (χ2v) is 6.51. The van der Waals surface area contributed by atoms with Gasteiger partial charge in [-0.3, -0.25) is 19.7 Å². The highest BCUT2D eigenvalue weighted by molar-refractivity contribution is 8.13. The highest BCUT2D eigenvalue weighted by Gasteiger charge is 2.25. The van der Waals surface area contributed by atoms with Crippen molar-refractivity contribution < 1.29 is 19.2 Å². The molecular weight excluding hydrogens is 270 g/mol. The van der Waals surface area contributed by atoms with Crippen LogP contribution in [-0.2, 0) is 14.3 Å². The van der Waals surface area contributed by atoms with E-state index in [1.54, 1.807) is 6.92 Å². The number of nitro groups is 1. The molecule has 0 aromatic carbocycles. The van der Waals surface area contributed by atoms with Crippen LogP contribution in [0.2, 0.25) is 0 Å². The maximum atomic E-state index is 11.7. The molecule has 2 unspecified atom stereocenters. The average Bonchev–Trinajstić information content (AvgIpc) is 2.30. The Morgan fingerprint density at radius 3 is 2.26 bits per heavy atom. The predicted octanol–water partition coefficient (Wildman–Crippen LogP) is 2.14.